The highest BCUT2D eigenvalue weighted by atomic mass is 31.2. The molecular weight excluding hydrogens is 1290 g/mol. The molecule has 0 radical (unpaired) electrons. The molecule has 0 spiro atoms. The van der Waals surface area contributed by atoms with Gasteiger partial charge in [0.1, 0.15) is 19.3 Å². The van der Waals surface area contributed by atoms with Crippen LogP contribution in [-0.4, -0.2) is 96.7 Å². The van der Waals surface area contributed by atoms with Crippen molar-refractivity contribution in [2.24, 2.45) is 23.7 Å². The first-order valence-corrected chi connectivity index (χ1v) is 44.2. The van der Waals surface area contributed by atoms with Crippen molar-refractivity contribution in [3.63, 3.8) is 0 Å². The fourth-order valence-corrected chi connectivity index (χ4v) is 13.8. The number of unbranched alkanes of at least 4 members (excludes halogenated alkanes) is 42. The normalized spacial score (nSPS) is 14.3. The lowest BCUT2D eigenvalue weighted by Crippen LogP contribution is -2.30. The minimum atomic E-state index is -4.96. The van der Waals surface area contributed by atoms with Gasteiger partial charge in [0.25, 0.3) is 0 Å². The van der Waals surface area contributed by atoms with Gasteiger partial charge in [-0.1, -0.05) is 357 Å². The number of aliphatic hydroxyl groups is 1. The second kappa shape index (κ2) is 69.1. The van der Waals surface area contributed by atoms with Crippen LogP contribution in [0.1, 0.15) is 409 Å². The number of hydrogen-bond donors (Lipinski definition) is 3. The minimum absolute atomic E-state index is 0.105. The predicted octanol–water partition coefficient (Wildman–Crippen LogP) is 23.6. The van der Waals surface area contributed by atoms with E-state index in [1.807, 2.05) is 0 Å². The first kappa shape index (κ1) is 97.1. The summed E-state index contributed by atoms with van der Waals surface area (Å²) in [7, 11) is -9.92. The van der Waals surface area contributed by atoms with Crippen molar-refractivity contribution in [2.75, 3.05) is 39.6 Å². The van der Waals surface area contributed by atoms with E-state index in [0.717, 1.165) is 114 Å². The Bertz CT molecular complexity index is 1940. The van der Waals surface area contributed by atoms with Crippen molar-refractivity contribution in [1.29, 1.82) is 0 Å². The summed E-state index contributed by atoms with van der Waals surface area (Å²) in [6.45, 7) is 14.3. The minimum Gasteiger partial charge on any atom is -0.462 e. The Morgan fingerprint density at radius 1 is 0.283 bits per heavy atom. The lowest BCUT2D eigenvalue weighted by atomic mass is 9.99. The number of phosphoric acid groups is 2. The van der Waals surface area contributed by atoms with E-state index in [1.54, 1.807) is 0 Å². The molecule has 588 valence electrons. The van der Waals surface area contributed by atoms with Gasteiger partial charge in [0.05, 0.1) is 26.4 Å². The molecule has 4 unspecified atom stereocenters. The number of carbonyl (C=O) groups is 4. The molecule has 0 rings (SSSR count). The highest BCUT2D eigenvalue weighted by molar-refractivity contribution is 7.47. The van der Waals surface area contributed by atoms with Crippen molar-refractivity contribution in [3.05, 3.63) is 0 Å². The van der Waals surface area contributed by atoms with Crippen LogP contribution in [0, 0.1) is 23.7 Å². The molecule has 0 aromatic heterocycles. The van der Waals surface area contributed by atoms with Gasteiger partial charge in [0.15, 0.2) is 12.2 Å². The Balaban J connectivity index is 5.25. The lowest BCUT2D eigenvalue weighted by molar-refractivity contribution is -0.161. The van der Waals surface area contributed by atoms with Gasteiger partial charge in [0, 0.05) is 25.7 Å². The zero-order valence-electron chi connectivity index (χ0n) is 65.1. The maximum atomic E-state index is 13.1. The fraction of sp³-hybridized carbons (Fsp3) is 0.950. The van der Waals surface area contributed by atoms with Gasteiger partial charge < -0.3 is 33.8 Å². The Morgan fingerprint density at radius 2 is 0.485 bits per heavy atom. The van der Waals surface area contributed by atoms with Crippen LogP contribution in [0.15, 0.2) is 0 Å². The maximum absolute atomic E-state index is 13.1. The molecule has 0 saturated heterocycles. The molecule has 0 aromatic rings. The largest absolute Gasteiger partial charge is 0.472 e. The summed E-state index contributed by atoms with van der Waals surface area (Å²) in [5, 5.41) is 10.6. The first-order chi connectivity index (χ1) is 47.6. The summed E-state index contributed by atoms with van der Waals surface area (Å²) in [4.78, 5) is 73.0. The number of hydrogen-bond acceptors (Lipinski definition) is 15. The first-order valence-electron chi connectivity index (χ1n) is 41.2. The van der Waals surface area contributed by atoms with Crippen LogP contribution in [0.3, 0.4) is 0 Å². The molecule has 6 atom stereocenters. The van der Waals surface area contributed by atoms with Crippen LogP contribution in [0.5, 0.6) is 0 Å². The zero-order valence-corrected chi connectivity index (χ0v) is 66.9. The maximum Gasteiger partial charge on any atom is 0.472 e. The van der Waals surface area contributed by atoms with E-state index in [-0.39, 0.29) is 25.7 Å². The Morgan fingerprint density at radius 3 is 0.717 bits per heavy atom. The van der Waals surface area contributed by atoms with Gasteiger partial charge in [-0.15, -0.1) is 0 Å². The standard InChI is InChI=1S/C80H156O17P2/c1-9-73(8)59-51-43-35-27-23-24-30-38-47-55-63-80(85)97-76(67-91-78(83)61-53-45-39-31-34-42-50-58-72(6)7)69-95-99(88,89)93-65-74(81)64-92-98(86,87)94-68-75(96-79(84)62-54-46-37-29-22-18-14-13-16-20-26-33-41-49-57-71(4)5)66-90-77(82)60-52-44-36-28-21-17-12-10-11-15-19-25-32-40-48-56-70(2)3/h70-76,81H,9-69H2,1-8H3,(H,86,87)(H,88,89)/t73?,74?,75-,76-/m1/s1. The van der Waals surface area contributed by atoms with Gasteiger partial charge in [-0.2, -0.15) is 0 Å². The van der Waals surface area contributed by atoms with Crippen LogP contribution in [0.2, 0.25) is 0 Å². The van der Waals surface area contributed by atoms with Crippen LogP contribution in [0.4, 0.5) is 0 Å². The molecule has 99 heavy (non-hydrogen) atoms. The lowest BCUT2D eigenvalue weighted by Gasteiger charge is -2.21. The molecular formula is C80H156O17P2. The average molecular weight is 1450 g/mol. The van der Waals surface area contributed by atoms with Gasteiger partial charge >= 0.3 is 39.5 Å². The molecule has 17 nitrogen and oxygen atoms in total. The molecule has 0 aliphatic heterocycles. The van der Waals surface area contributed by atoms with Gasteiger partial charge in [-0.25, -0.2) is 9.13 Å². The van der Waals surface area contributed by atoms with Gasteiger partial charge in [0.2, 0.25) is 0 Å². The van der Waals surface area contributed by atoms with E-state index in [9.17, 15) is 43.2 Å². The van der Waals surface area contributed by atoms with E-state index >= 15 is 0 Å². The molecule has 0 amide bonds. The van der Waals surface area contributed by atoms with E-state index in [1.165, 1.54) is 205 Å². The predicted molar refractivity (Wildman–Crippen MR) is 404 cm³/mol. The summed E-state index contributed by atoms with van der Waals surface area (Å²) < 4.78 is 68.7. The van der Waals surface area contributed by atoms with Crippen molar-refractivity contribution in [1.82, 2.24) is 0 Å². The third-order valence-electron chi connectivity index (χ3n) is 18.9. The molecule has 0 saturated carbocycles. The van der Waals surface area contributed by atoms with Crippen LogP contribution >= 0.6 is 15.6 Å². The van der Waals surface area contributed by atoms with E-state index in [4.69, 9.17) is 37.0 Å². The highest BCUT2D eigenvalue weighted by Gasteiger charge is 2.30. The molecule has 0 heterocycles. The molecule has 19 heteroatoms. The summed E-state index contributed by atoms with van der Waals surface area (Å²) in [6.07, 6.45) is 55.5. The zero-order chi connectivity index (χ0) is 73.1. The summed E-state index contributed by atoms with van der Waals surface area (Å²) >= 11 is 0. The summed E-state index contributed by atoms with van der Waals surface area (Å²) in [5.74, 6) is 0.994. The van der Waals surface area contributed by atoms with Gasteiger partial charge in [-0.05, 0) is 49.4 Å². The van der Waals surface area contributed by atoms with E-state index < -0.39 is 97.5 Å². The molecule has 0 aromatic carbocycles. The third-order valence-corrected chi connectivity index (χ3v) is 20.8. The van der Waals surface area contributed by atoms with Gasteiger partial charge in [-0.3, -0.25) is 37.3 Å². The number of rotatable bonds is 77. The molecule has 3 N–H and O–H groups in total. The quantitative estimate of drug-likeness (QED) is 0.0222. The Labute approximate surface area is 607 Å². The highest BCUT2D eigenvalue weighted by Crippen LogP contribution is 2.45. The Hall–Kier alpha value is -1.94. The number of ether oxygens (including phenoxy) is 4. The smallest absolute Gasteiger partial charge is 0.462 e. The molecule has 0 fully saturated rings. The average Bonchev–Trinajstić information content (AvgIpc) is 0.978. The second-order valence-electron chi connectivity index (χ2n) is 30.5. The second-order valence-corrected chi connectivity index (χ2v) is 33.4. The number of esters is 4. The van der Waals surface area contributed by atoms with Crippen LogP contribution < -0.4 is 0 Å². The summed E-state index contributed by atoms with van der Waals surface area (Å²) in [5.41, 5.74) is 0. The van der Waals surface area contributed by atoms with Crippen molar-refractivity contribution in [3.8, 4) is 0 Å². The summed E-state index contributed by atoms with van der Waals surface area (Å²) in [6, 6.07) is 0. The fourth-order valence-electron chi connectivity index (χ4n) is 12.2. The number of aliphatic hydroxyl groups excluding tert-OH is 1. The van der Waals surface area contributed by atoms with E-state index in [0.29, 0.717) is 31.6 Å². The Kier molecular flexibility index (Phi) is 67.8. The topological polar surface area (TPSA) is 237 Å². The number of phosphoric ester groups is 2. The molecule has 0 aliphatic carbocycles. The monoisotopic (exact) mass is 1450 g/mol. The van der Waals surface area contributed by atoms with Crippen LogP contribution in [0.25, 0.3) is 0 Å². The van der Waals surface area contributed by atoms with Crippen molar-refractivity contribution in [2.45, 2.75) is 427 Å². The van der Waals surface area contributed by atoms with Crippen molar-refractivity contribution < 1.29 is 80.2 Å². The SMILES string of the molecule is CCC(C)CCCCCCCCCCCCC(=O)O[C@H](COC(=O)CCCCCCCCCC(C)C)COP(=O)(O)OCC(O)COP(=O)(O)OC[C@@H](COC(=O)CCCCCCCCCCCCCCCCCC(C)C)OC(=O)CCCCCCCCCCCCCCCCC(C)C. The van der Waals surface area contributed by atoms with Crippen molar-refractivity contribution >= 4 is 39.5 Å². The third kappa shape index (κ3) is 72.8. The van der Waals surface area contributed by atoms with Crippen LogP contribution in [-0.2, 0) is 65.4 Å². The molecule has 0 aliphatic rings. The van der Waals surface area contributed by atoms with E-state index in [2.05, 4.69) is 55.4 Å². The molecule has 0 bridgehead atoms. The number of carbonyl (C=O) groups excluding carboxylic acids is 4.